The van der Waals surface area contributed by atoms with Crippen LogP contribution in [0.3, 0.4) is 0 Å². The Morgan fingerprint density at radius 2 is 1.61 bits per heavy atom. The molecule has 2 aromatic carbocycles. The third-order valence-electron chi connectivity index (χ3n) is 6.30. The van der Waals surface area contributed by atoms with Gasteiger partial charge in [0, 0.05) is 26.6 Å². The molecule has 0 aliphatic rings. The first kappa shape index (κ1) is 24.8. The maximum Gasteiger partial charge on any atom is 0.330 e. The number of nitrogens with two attached hydrogens (primary N) is 1. The summed E-state index contributed by atoms with van der Waals surface area (Å²) in [4.78, 5) is 55.4. The highest BCUT2D eigenvalue weighted by Gasteiger charge is 2.25. The van der Waals surface area contributed by atoms with E-state index < -0.39 is 17.2 Å². The summed E-state index contributed by atoms with van der Waals surface area (Å²) < 4.78 is 4.37. The Bertz CT molecular complexity index is 1560. The molecule has 4 rings (SSSR count). The van der Waals surface area contributed by atoms with Gasteiger partial charge in [-0.05, 0) is 24.1 Å². The van der Waals surface area contributed by atoms with Gasteiger partial charge in [-0.3, -0.25) is 28.3 Å². The Balaban J connectivity index is 1.73. The second kappa shape index (κ2) is 10.5. The number of carbonyl (C=O) groups is 1. The number of nitrogen functional groups attached to an aromatic ring is 1. The highest BCUT2D eigenvalue weighted by Crippen LogP contribution is 2.21. The number of hydrogen-bond donors (Lipinski definition) is 2. The first-order chi connectivity index (χ1) is 17.3. The lowest BCUT2D eigenvalue weighted by Gasteiger charge is -2.25. The molecule has 0 atom stereocenters. The number of aromatic amines is 1. The molecule has 0 bridgehead atoms. The van der Waals surface area contributed by atoms with Gasteiger partial charge in [0.2, 0.25) is 5.91 Å². The van der Waals surface area contributed by atoms with Gasteiger partial charge in [-0.1, -0.05) is 55.8 Å². The summed E-state index contributed by atoms with van der Waals surface area (Å²) in [6.45, 7) is 2.51. The number of unbranched alkanes of at least 4 members (excludes halogenated alkanes) is 1. The fraction of sp³-hybridized carbons (Fsp3) is 0.308. The van der Waals surface area contributed by atoms with Gasteiger partial charge in [0.25, 0.3) is 5.56 Å². The van der Waals surface area contributed by atoms with E-state index >= 15 is 0 Å². The minimum absolute atomic E-state index is 0.0479. The molecular weight excluding hydrogens is 460 g/mol. The molecule has 10 nitrogen and oxygen atoms in total. The summed E-state index contributed by atoms with van der Waals surface area (Å²) in [5.41, 5.74) is 6.96. The molecule has 2 heterocycles. The SMILES string of the molecule is CCCCn1c(N)c(N(Cc2ccccc2)C(=O)CCn2c(=O)n(C)c3ccccc32)c(=O)[nH]c1=O. The molecule has 2 aromatic heterocycles. The van der Waals surface area contributed by atoms with Crippen molar-refractivity contribution in [1.82, 2.24) is 18.7 Å². The van der Waals surface area contributed by atoms with E-state index in [-0.39, 0.29) is 36.7 Å². The molecule has 0 fully saturated rings. The van der Waals surface area contributed by atoms with Crippen LogP contribution in [0, 0.1) is 0 Å². The van der Waals surface area contributed by atoms with Crippen LogP contribution in [0.25, 0.3) is 11.0 Å². The number of hydrogen-bond acceptors (Lipinski definition) is 5. The van der Waals surface area contributed by atoms with Crippen LogP contribution in [0.1, 0.15) is 31.7 Å². The molecule has 0 unspecified atom stereocenters. The van der Waals surface area contributed by atoms with Gasteiger partial charge >= 0.3 is 11.4 Å². The lowest BCUT2D eigenvalue weighted by Crippen LogP contribution is -2.41. The molecule has 4 aromatic rings. The third-order valence-corrected chi connectivity index (χ3v) is 6.30. The Morgan fingerprint density at radius 3 is 2.31 bits per heavy atom. The van der Waals surface area contributed by atoms with Gasteiger partial charge in [-0.15, -0.1) is 0 Å². The molecule has 0 spiro atoms. The van der Waals surface area contributed by atoms with Crippen LogP contribution in [-0.4, -0.2) is 24.6 Å². The number of carbonyl (C=O) groups excluding carboxylic acids is 1. The van der Waals surface area contributed by atoms with E-state index in [0.717, 1.165) is 23.0 Å². The van der Waals surface area contributed by atoms with Crippen molar-refractivity contribution in [2.24, 2.45) is 7.05 Å². The number of rotatable bonds is 9. The zero-order valence-corrected chi connectivity index (χ0v) is 20.4. The maximum atomic E-state index is 13.6. The number of amides is 1. The predicted octanol–water partition coefficient (Wildman–Crippen LogP) is 2.20. The Hall–Kier alpha value is -4.34. The van der Waals surface area contributed by atoms with Crippen LogP contribution in [0.2, 0.25) is 0 Å². The van der Waals surface area contributed by atoms with Crippen molar-refractivity contribution in [1.29, 1.82) is 0 Å². The number of H-pyrrole nitrogens is 1. The quantitative estimate of drug-likeness (QED) is 0.372. The number of anilines is 2. The van der Waals surface area contributed by atoms with Crippen molar-refractivity contribution in [3.8, 4) is 0 Å². The van der Waals surface area contributed by atoms with Gasteiger partial charge in [-0.25, -0.2) is 9.59 Å². The van der Waals surface area contributed by atoms with Gasteiger partial charge in [0.1, 0.15) is 5.82 Å². The van der Waals surface area contributed by atoms with Gasteiger partial charge < -0.3 is 10.6 Å². The number of benzene rings is 2. The molecule has 1 amide bonds. The fourth-order valence-electron chi connectivity index (χ4n) is 4.36. The van der Waals surface area contributed by atoms with E-state index in [1.54, 1.807) is 11.6 Å². The van der Waals surface area contributed by atoms with Gasteiger partial charge in [0.05, 0.1) is 17.6 Å². The number of para-hydroxylation sites is 2. The van der Waals surface area contributed by atoms with Crippen molar-refractivity contribution in [2.45, 2.75) is 45.8 Å². The number of aromatic nitrogens is 4. The summed E-state index contributed by atoms with van der Waals surface area (Å²) in [6, 6.07) is 16.6. The molecule has 0 radical (unpaired) electrons. The minimum Gasteiger partial charge on any atom is -0.383 e. The van der Waals surface area contributed by atoms with Crippen molar-refractivity contribution in [3.05, 3.63) is 91.5 Å². The van der Waals surface area contributed by atoms with Crippen LogP contribution in [-0.2, 0) is 31.5 Å². The molecule has 0 saturated carbocycles. The molecule has 3 N–H and O–H groups in total. The lowest BCUT2D eigenvalue weighted by molar-refractivity contribution is -0.119. The third kappa shape index (κ3) is 4.74. The Kier molecular flexibility index (Phi) is 7.23. The van der Waals surface area contributed by atoms with E-state index in [2.05, 4.69) is 4.98 Å². The summed E-state index contributed by atoms with van der Waals surface area (Å²) in [7, 11) is 1.68. The summed E-state index contributed by atoms with van der Waals surface area (Å²) in [6.07, 6.45) is 1.46. The summed E-state index contributed by atoms with van der Waals surface area (Å²) >= 11 is 0. The van der Waals surface area contributed by atoms with E-state index in [1.165, 1.54) is 14.0 Å². The zero-order valence-electron chi connectivity index (χ0n) is 20.4. The van der Waals surface area contributed by atoms with Crippen LogP contribution in [0.4, 0.5) is 11.5 Å². The predicted molar refractivity (Wildman–Crippen MR) is 140 cm³/mol. The molecule has 36 heavy (non-hydrogen) atoms. The molecule has 188 valence electrons. The van der Waals surface area contributed by atoms with E-state index in [0.29, 0.717) is 13.0 Å². The number of nitrogens with one attached hydrogen (secondary N) is 1. The van der Waals surface area contributed by atoms with Crippen LogP contribution in [0.15, 0.2) is 69.0 Å². The number of fused-ring (bicyclic) bond motifs is 1. The van der Waals surface area contributed by atoms with Crippen molar-refractivity contribution in [3.63, 3.8) is 0 Å². The maximum absolute atomic E-state index is 13.6. The standard InChI is InChI=1S/C26H30N6O4/c1-3-4-15-31-23(27)22(24(34)28-25(31)35)32(17-18-10-6-5-7-11-18)21(33)14-16-30-20-13-9-8-12-19(20)29(2)26(30)36/h5-13H,3-4,14-17,27H2,1-2H3,(H,28,34,35). The normalized spacial score (nSPS) is 11.2. The molecular formula is C26H30N6O4. The van der Waals surface area contributed by atoms with Crippen molar-refractivity contribution in [2.75, 3.05) is 10.6 Å². The monoisotopic (exact) mass is 490 g/mol. The largest absolute Gasteiger partial charge is 0.383 e. The highest BCUT2D eigenvalue weighted by molar-refractivity contribution is 5.95. The topological polar surface area (TPSA) is 128 Å². The molecule has 0 saturated heterocycles. The number of nitrogens with zero attached hydrogens (tertiary/aromatic N) is 4. The Morgan fingerprint density at radius 1 is 0.944 bits per heavy atom. The van der Waals surface area contributed by atoms with E-state index in [1.807, 2.05) is 61.5 Å². The lowest BCUT2D eigenvalue weighted by atomic mass is 10.2. The second-order valence-electron chi connectivity index (χ2n) is 8.70. The minimum atomic E-state index is -0.725. The summed E-state index contributed by atoms with van der Waals surface area (Å²) in [5.74, 6) is -0.444. The molecule has 10 heteroatoms. The fourth-order valence-corrected chi connectivity index (χ4v) is 4.36. The number of imidazole rings is 1. The Labute approximate surface area is 207 Å². The highest BCUT2D eigenvalue weighted by atomic mass is 16.2. The van der Waals surface area contributed by atoms with Crippen LogP contribution < -0.4 is 27.6 Å². The first-order valence-corrected chi connectivity index (χ1v) is 11.9. The van der Waals surface area contributed by atoms with E-state index in [9.17, 15) is 19.2 Å². The molecule has 0 aliphatic carbocycles. The van der Waals surface area contributed by atoms with Gasteiger partial charge in [0.15, 0.2) is 5.69 Å². The first-order valence-electron chi connectivity index (χ1n) is 11.9. The average Bonchev–Trinajstić information content (AvgIpc) is 3.11. The van der Waals surface area contributed by atoms with Crippen LogP contribution >= 0.6 is 0 Å². The number of aryl methyl sites for hydroxylation is 2. The second-order valence-corrected chi connectivity index (χ2v) is 8.70. The van der Waals surface area contributed by atoms with E-state index in [4.69, 9.17) is 5.73 Å². The summed E-state index contributed by atoms with van der Waals surface area (Å²) in [5, 5.41) is 0. The molecule has 0 aliphatic heterocycles. The average molecular weight is 491 g/mol. The van der Waals surface area contributed by atoms with Crippen molar-refractivity contribution >= 4 is 28.4 Å². The smallest absolute Gasteiger partial charge is 0.330 e. The van der Waals surface area contributed by atoms with Crippen LogP contribution in [0.5, 0.6) is 0 Å². The zero-order chi connectivity index (χ0) is 25.8. The van der Waals surface area contributed by atoms with Crippen molar-refractivity contribution < 1.29 is 4.79 Å². The van der Waals surface area contributed by atoms with Gasteiger partial charge in [-0.2, -0.15) is 0 Å².